The molecule has 1 rings (SSSR count). The number of aryl methyl sites for hydroxylation is 2. The van der Waals surface area contributed by atoms with Gasteiger partial charge in [0.2, 0.25) is 0 Å². The molecule has 0 N–H and O–H groups in total. The highest BCUT2D eigenvalue weighted by atomic mass is 19.1. The molecule has 0 fully saturated rings. The maximum Gasteiger partial charge on any atom is 0.126 e. The van der Waals surface area contributed by atoms with Gasteiger partial charge in [0, 0.05) is 0 Å². The van der Waals surface area contributed by atoms with E-state index in [-0.39, 0.29) is 5.82 Å². The van der Waals surface area contributed by atoms with Gasteiger partial charge >= 0.3 is 0 Å². The summed E-state index contributed by atoms with van der Waals surface area (Å²) in [5, 5.41) is 0. The summed E-state index contributed by atoms with van der Waals surface area (Å²) in [6.07, 6.45) is 3.90. The zero-order valence-corrected chi connectivity index (χ0v) is 8.44. The maximum atomic E-state index is 13.4. The zero-order valence-electron chi connectivity index (χ0n) is 8.44. The van der Waals surface area contributed by atoms with Crippen LogP contribution in [0.15, 0.2) is 18.2 Å². The monoisotopic (exact) mass is 180 g/mol. The van der Waals surface area contributed by atoms with Crippen molar-refractivity contribution in [2.24, 2.45) is 0 Å². The van der Waals surface area contributed by atoms with Crippen molar-refractivity contribution in [3.8, 4) is 0 Å². The molecule has 0 aliphatic heterocycles. The van der Waals surface area contributed by atoms with Crippen LogP contribution in [0.25, 0.3) is 0 Å². The third-order valence-electron chi connectivity index (χ3n) is 2.18. The Morgan fingerprint density at radius 1 is 1.08 bits per heavy atom. The molecule has 0 atom stereocenters. The predicted molar refractivity (Wildman–Crippen MR) is 54.4 cm³/mol. The lowest BCUT2D eigenvalue weighted by atomic mass is 10.0. The van der Waals surface area contributed by atoms with Crippen LogP contribution in [0.4, 0.5) is 4.39 Å². The minimum atomic E-state index is -0.0344. The van der Waals surface area contributed by atoms with E-state index in [1.165, 1.54) is 0 Å². The van der Waals surface area contributed by atoms with Crippen molar-refractivity contribution in [1.82, 2.24) is 0 Å². The summed E-state index contributed by atoms with van der Waals surface area (Å²) in [6, 6.07) is 5.63. The summed E-state index contributed by atoms with van der Waals surface area (Å²) in [7, 11) is 0. The molecule has 0 aliphatic carbocycles. The molecule has 1 aromatic rings. The van der Waals surface area contributed by atoms with Gasteiger partial charge in [-0.15, -0.1) is 0 Å². The lowest BCUT2D eigenvalue weighted by Crippen LogP contribution is -1.92. The molecule has 0 bridgehead atoms. The van der Waals surface area contributed by atoms with E-state index >= 15 is 0 Å². The van der Waals surface area contributed by atoms with Gasteiger partial charge in [0.25, 0.3) is 0 Å². The second-order valence-corrected chi connectivity index (χ2v) is 3.43. The molecule has 0 saturated carbocycles. The topological polar surface area (TPSA) is 0 Å². The summed E-state index contributed by atoms with van der Waals surface area (Å²) < 4.78 is 13.4. The SMILES string of the molecule is CCCc1ccc(CCC)c(F)c1. The summed E-state index contributed by atoms with van der Waals surface area (Å²) >= 11 is 0. The molecule has 0 nitrogen and oxygen atoms in total. The van der Waals surface area contributed by atoms with Crippen molar-refractivity contribution in [2.45, 2.75) is 39.5 Å². The van der Waals surface area contributed by atoms with Crippen LogP contribution in [0, 0.1) is 5.82 Å². The predicted octanol–water partition coefficient (Wildman–Crippen LogP) is 3.73. The van der Waals surface area contributed by atoms with Crippen LogP contribution in [0.5, 0.6) is 0 Å². The van der Waals surface area contributed by atoms with Gasteiger partial charge in [-0.25, -0.2) is 4.39 Å². The number of hydrogen-bond donors (Lipinski definition) is 0. The molecular formula is C12H17F. The van der Waals surface area contributed by atoms with Crippen molar-refractivity contribution in [2.75, 3.05) is 0 Å². The first-order chi connectivity index (χ1) is 6.27. The zero-order chi connectivity index (χ0) is 9.68. The highest BCUT2D eigenvalue weighted by Gasteiger charge is 2.01. The van der Waals surface area contributed by atoms with Crippen molar-refractivity contribution in [1.29, 1.82) is 0 Å². The Balaban J connectivity index is 2.79. The van der Waals surface area contributed by atoms with Crippen LogP contribution < -0.4 is 0 Å². The second kappa shape index (κ2) is 5.00. The third kappa shape index (κ3) is 2.83. The average Bonchev–Trinajstić information content (AvgIpc) is 2.10. The first-order valence-electron chi connectivity index (χ1n) is 5.05. The molecule has 0 unspecified atom stereocenters. The Hall–Kier alpha value is -0.850. The van der Waals surface area contributed by atoms with E-state index in [4.69, 9.17) is 0 Å². The van der Waals surface area contributed by atoms with Crippen LogP contribution in [-0.2, 0) is 12.8 Å². The normalized spacial score (nSPS) is 10.4. The molecule has 0 aromatic heterocycles. The number of hydrogen-bond acceptors (Lipinski definition) is 0. The van der Waals surface area contributed by atoms with Gasteiger partial charge in [0.05, 0.1) is 0 Å². The minimum absolute atomic E-state index is 0.0344. The molecule has 0 spiro atoms. The van der Waals surface area contributed by atoms with Gasteiger partial charge in [-0.3, -0.25) is 0 Å². The molecule has 13 heavy (non-hydrogen) atoms. The van der Waals surface area contributed by atoms with Gasteiger partial charge in [0.15, 0.2) is 0 Å². The van der Waals surface area contributed by atoms with Crippen LogP contribution in [0.2, 0.25) is 0 Å². The van der Waals surface area contributed by atoms with Gasteiger partial charge in [0.1, 0.15) is 5.82 Å². The molecule has 0 amide bonds. The fourth-order valence-electron chi connectivity index (χ4n) is 1.51. The maximum absolute atomic E-state index is 13.4. The first-order valence-corrected chi connectivity index (χ1v) is 5.05. The smallest absolute Gasteiger partial charge is 0.126 e. The van der Waals surface area contributed by atoms with Crippen LogP contribution in [0.1, 0.15) is 37.8 Å². The summed E-state index contributed by atoms with van der Waals surface area (Å²) in [5.74, 6) is -0.0344. The van der Waals surface area contributed by atoms with Gasteiger partial charge in [-0.1, -0.05) is 38.8 Å². The van der Waals surface area contributed by atoms with E-state index < -0.39 is 0 Å². The van der Waals surface area contributed by atoms with Crippen molar-refractivity contribution < 1.29 is 4.39 Å². The summed E-state index contributed by atoms with van der Waals surface area (Å²) in [5.41, 5.74) is 1.96. The summed E-state index contributed by atoms with van der Waals surface area (Å²) in [4.78, 5) is 0. The van der Waals surface area contributed by atoms with Gasteiger partial charge in [-0.05, 0) is 30.0 Å². The van der Waals surface area contributed by atoms with E-state index in [0.717, 1.165) is 36.8 Å². The van der Waals surface area contributed by atoms with Crippen LogP contribution in [0.3, 0.4) is 0 Å². The van der Waals surface area contributed by atoms with E-state index in [9.17, 15) is 4.39 Å². The van der Waals surface area contributed by atoms with E-state index in [1.807, 2.05) is 12.1 Å². The largest absolute Gasteiger partial charge is 0.207 e. The lowest BCUT2D eigenvalue weighted by molar-refractivity contribution is 0.604. The fraction of sp³-hybridized carbons (Fsp3) is 0.500. The molecule has 1 heteroatoms. The molecular weight excluding hydrogens is 163 g/mol. The Labute approximate surface area is 79.8 Å². The molecule has 0 heterocycles. The average molecular weight is 180 g/mol. The lowest BCUT2D eigenvalue weighted by Gasteiger charge is -2.03. The highest BCUT2D eigenvalue weighted by Crippen LogP contribution is 2.13. The van der Waals surface area contributed by atoms with Gasteiger partial charge < -0.3 is 0 Å². The molecule has 0 radical (unpaired) electrons. The Morgan fingerprint density at radius 2 is 1.77 bits per heavy atom. The fourth-order valence-corrected chi connectivity index (χ4v) is 1.51. The molecule has 0 aliphatic rings. The quantitative estimate of drug-likeness (QED) is 0.662. The van der Waals surface area contributed by atoms with Crippen molar-refractivity contribution >= 4 is 0 Å². The first kappa shape index (κ1) is 10.2. The minimum Gasteiger partial charge on any atom is -0.207 e. The van der Waals surface area contributed by atoms with Crippen LogP contribution >= 0.6 is 0 Å². The van der Waals surface area contributed by atoms with E-state index in [1.54, 1.807) is 6.07 Å². The number of benzene rings is 1. The van der Waals surface area contributed by atoms with Crippen molar-refractivity contribution in [3.05, 3.63) is 35.1 Å². The third-order valence-corrected chi connectivity index (χ3v) is 2.18. The van der Waals surface area contributed by atoms with E-state index in [2.05, 4.69) is 13.8 Å². The Bertz CT molecular complexity index is 266. The molecule has 1 aromatic carbocycles. The highest BCUT2D eigenvalue weighted by molar-refractivity contribution is 5.24. The van der Waals surface area contributed by atoms with Crippen molar-refractivity contribution in [3.63, 3.8) is 0 Å². The second-order valence-electron chi connectivity index (χ2n) is 3.43. The molecule has 72 valence electrons. The Morgan fingerprint density at radius 3 is 2.31 bits per heavy atom. The number of rotatable bonds is 4. The van der Waals surface area contributed by atoms with E-state index in [0.29, 0.717) is 0 Å². The van der Waals surface area contributed by atoms with Crippen LogP contribution in [-0.4, -0.2) is 0 Å². The summed E-state index contributed by atoms with van der Waals surface area (Å²) in [6.45, 7) is 4.18. The van der Waals surface area contributed by atoms with Gasteiger partial charge in [-0.2, -0.15) is 0 Å². The molecule has 0 saturated heterocycles. The Kier molecular flexibility index (Phi) is 3.94. The number of halogens is 1. The standard InChI is InChI=1S/C12H17F/c1-3-5-10-7-8-11(6-4-2)12(13)9-10/h7-9H,3-6H2,1-2H3.